The molecule has 3 heterocycles. The van der Waals surface area contributed by atoms with E-state index in [1.54, 1.807) is 0 Å². The van der Waals surface area contributed by atoms with E-state index in [0.29, 0.717) is 0 Å². The van der Waals surface area contributed by atoms with Gasteiger partial charge in [-0.3, -0.25) is 0 Å². The topological polar surface area (TPSA) is 255 Å². The molecule has 0 aromatic heterocycles. The zero-order valence-electron chi connectivity index (χ0n) is 20.8. The first-order valence-electron chi connectivity index (χ1n) is 12.2. The number of rotatable bonds is 9. The molecule has 3 aliphatic heterocycles. The summed E-state index contributed by atoms with van der Waals surface area (Å²) in [5.41, 5.74) is -2.05. The second-order valence-corrected chi connectivity index (χ2v) is 9.78. The quantitative estimate of drug-likeness (QED) is 0.0933. The number of carbonyl (C=O) groups is 1. The Morgan fingerprint density at radius 3 is 2.28 bits per heavy atom. The van der Waals surface area contributed by atoms with Crippen molar-refractivity contribution >= 4 is 5.97 Å². The first-order chi connectivity index (χ1) is 18.5. The number of hydrogen-bond donors (Lipinski definition) is 9. The van der Waals surface area contributed by atoms with E-state index >= 15 is 0 Å². The van der Waals surface area contributed by atoms with Crippen LogP contribution in [0.3, 0.4) is 0 Å². The lowest BCUT2D eigenvalue weighted by atomic mass is 9.79. The largest absolute Gasteiger partial charge is 0.471 e. The Morgan fingerprint density at radius 2 is 1.69 bits per heavy atom. The zero-order valence-corrected chi connectivity index (χ0v) is 20.8. The molecular weight excluding hydrogens is 532 g/mol. The number of aliphatic hydroxyl groups excluding tert-OH is 8. The number of methoxy groups -OCH3 is 1. The second-order valence-electron chi connectivity index (χ2n) is 9.78. The maximum absolute atomic E-state index is 12.4. The van der Waals surface area contributed by atoms with Crippen molar-refractivity contribution in [2.24, 2.45) is 5.92 Å². The molecule has 4 rings (SSSR count). The van der Waals surface area contributed by atoms with Gasteiger partial charge in [-0.1, -0.05) is 6.08 Å². The average molecular weight is 567 g/mol. The third-order valence-corrected chi connectivity index (χ3v) is 7.56. The maximum atomic E-state index is 12.4. The van der Waals surface area contributed by atoms with Crippen molar-refractivity contribution in [3.05, 3.63) is 23.5 Å². The summed E-state index contributed by atoms with van der Waals surface area (Å²) in [4.78, 5) is 12.4. The molecule has 0 aromatic rings. The van der Waals surface area contributed by atoms with Crippen LogP contribution in [0.4, 0.5) is 0 Å². The van der Waals surface area contributed by atoms with E-state index in [4.69, 9.17) is 28.4 Å². The fourth-order valence-corrected chi connectivity index (χ4v) is 5.25. The van der Waals surface area contributed by atoms with E-state index < -0.39 is 105 Å². The minimum atomic E-state index is -2.14. The van der Waals surface area contributed by atoms with Crippen LogP contribution in [0.1, 0.15) is 6.42 Å². The van der Waals surface area contributed by atoms with E-state index in [1.165, 1.54) is 6.08 Å². The van der Waals surface area contributed by atoms with Gasteiger partial charge >= 0.3 is 5.97 Å². The Bertz CT molecular complexity index is 954. The Hall–Kier alpha value is -1.77. The molecule has 1 aliphatic carbocycles. The van der Waals surface area contributed by atoms with Gasteiger partial charge in [-0.25, -0.2) is 4.79 Å². The molecule has 16 nitrogen and oxygen atoms in total. The molecule has 12 unspecified atom stereocenters. The highest BCUT2D eigenvalue weighted by Gasteiger charge is 2.59. The third-order valence-electron chi connectivity index (χ3n) is 7.56. The van der Waals surface area contributed by atoms with Gasteiger partial charge in [0.1, 0.15) is 60.5 Å². The number of hydrogen-bond acceptors (Lipinski definition) is 16. The molecule has 0 saturated carbocycles. The van der Waals surface area contributed by atoms with E-state index in [1.807, 2.05) is 0 Å². The predicted octanol–water partition coefficient (Wildman–Crippen LogP) is -5.29. The number of fused-ring (bicyclic) bond motifs is 1. The Morgan fingerprint density at radius 1 is 1.00 bits per heavy atom. The molecule has 0 aromatic carbocycles. The molecule has 9 N–H and O–H groups in total. The minimum absolute atomic E-state index is 0.174. The van der Waals surface area contributed by atoms with E-state index in [0.717, 1.165) is 13.4 Å². The van der Waals surface area contributed by atoms with Crippen LogP contribution < -0.4 is 0 Å². The summed E-state index contributed by atoms with van der Waals surface area (Å²) in [5.74, 6) is -4.31. The first kappa shape index (κ1) is 30.2. The van der Waals surface area contributed by atoms with Crippen molar-refractivity contribution in [1.29, 1.82) is 0 Å². The molecule has 0 radical (unpaired) electrons. The molecule has 12 atom stereocenters. The highest BCUT2D eigenvalue weighted by atomic mass is 16.8. The lowest BCUT2D eigenvalue weighted by molar-refractivity contribution is -0.344. The summed E-state index contributed by atoms with van der Waals surface area (Å²) >= 11 is 0. The van der Waals surface area contributed by atoms with Crippen molar-refractivity contribution in [3.8, 4) is 0 Å². The molecule has 0 amide bonds. The van der Waals surface area contributed by atoms with Crippen molar-refractivity contribution < 1.29 is 79.2 Å². The molecule has 2 saturated heterocycles. The smallest absolute Gasteiger partial charge is 0.339 e. The number of carbonyl (C=O) groups excluding carboxylic acids is 1. The van der Waals surface area contributed by atoms with Crippen LogP contribution in [0.2, 0.25) is 0 Å². The first-order valence-corrected chi connectivity index (χ1v) is 12.2. The van der Waals surface area contributed by atoms with Gasteiger partial charge in [0.25, 0.3) is 0 Å². The van der Waals surface area contributed by atoms with Crippen LogP contribution >= 0.6 is 0 Å². The summed E-state index contributed by atoms with van der Waals surface area (Å²) in [7, 11) is 1.09. The molecule has 2 fully saturated rings. The molecule has 39 heavy (non-hydrogen) atoms. The Kier molecular flexibility index (Phi) is 8.99. The van der Waals surface area contributed by atoms with Gasteiger partial charge < -0.3 is 74.4 Å². The Balaban J connectivity index is 1.59. The number of ether oxygens (including phenoxy) is 6. The molecule has 0 spiro atoms. The molecule has 222 valence electrons. The fraction of sp³-hybridized carbons (Fsp3) is 0.783. The molecule has 16 heteroatoms. The summed E-state index contributed by atoms with van der Waals surface area (Å²) < 4.78 is 32.5. The lowest BCUT2D eigenvalue weighted by Crippen LogP contribution is -2.61. The van der Waals surface area contributed by atoms with Gasteiger partial charge in [0.2, 0.25) is 12.1 Å². The summed E-state index contributed by atoms with van der Waals surface area (Å²) in [5, 5.41) is 91.5. The highest BCUT2D eigenvalue weighted by Crippen LogP contribution is 2.48. The van der Waals surface area contributed by atoms with E-state index in [-0.39, 0.29) is 17.6 Å². The normalized spacial score (nSPS) is 45.8. The van der Waals surface area contributed by atoms with Gasteiger partial charge in [0.05, 0.1) is 39.1 Å². The van der Waals surface area contributed by atoms with Crippen LogP contribution in [0.25, 0.3) is 0 Å². The van der Waals surface area contributed by atoms with Crippen molar-refractivity contribution in [2.75, 3.05) is 33.5 Å². The van der Waals surface area contributed by atoms with Gasteiger partial charge in [0.15, 0.2) is 6.29 Å². The monoisotopic (exact) mass is 566 g/mol. The van der Waals surface area contributed by atoms with Crippen LogP contribution in [0.15, 0.2) is 23.5 Å². The molecule has 4 aliphatic rings. The van der Waals surface area contributed by atoms with Crippen molar-refractivity contribution in [1.82, 2.24) is 0 Å². The van der Waals surface area contributed by atoms with Crippen LogP contribution in [-0.2, 0) is 33.2 Å². The highest BCUT2D eigenvalue weighted by molar-refractivity contribution is 5.91. The lowest BCUT2D eigenvalue weighted by Gasteiger charge is -2.45. The average Bonchev–Trinajstić information content (AvgIpc) is 3.41. The van der Waals surface area contributed by atoms with Crippen LogP contribution in [0, 0.1) is 5.92 Å². The minimum Gasteiger partial charge on any atom is -0.471 e. The van der Waals surface area contributed by atoms with Gasteiger partial charge in [-0.15, -0.1) is 0 Å². The zero-order chi connectivity index (χ0) is 28.7. The standard InChI is InChI=1S/C23H34O16/c1-34-19(32)10-7-35-20(38-21-17(30)16(29)14(27)11(4-24)37-21)13-9(2-3-22(10,13)33)6-36-23(8-26)18(31)15(28)12(5-25)39-23/h2,7,11-18,20-21,24-31,33H,3-6,8H2,1H3. The van der Waals surface area contributed by atoms with Gasteiger partial charge in [-0.2, -0.15) is 0 Å². The molecule has 0 bridgehead atoms. The van der Waals surface area contributed by atoms with Gasteiger partial charge in [0, 0.05) is 0 Å². The Labute approximate surface area is 221 Å². The predicted molar refractivity (Wildman–Crippen MR) is 121 cm³/mol. The summed E-state index contributed by atoms with van der Waals surface area (Å²) in [6.07, 6.45) is -12.0. The van der Waals surface area contributed by atoms with Gasteiger partial charge in [-0.05, 0) is 12.0 Å². The molecular formula is C23H34O16. The third kappa shape index (κ3) is 5.10. The summed E-state index contributed by atoms with van der Waals surface area (Å²) in [6, 6.07) is 0. The van der Waals surface area contributed by atoms with Crippen molar-refractivity contribution in [2.45, 2.75) is 73.1 Å². The van der Waals surface area contributed by atoms with Crippen LogP contribution in [0.5, 0.6) is 0 Å². The number of esters is 1. The number of aliphatic hydroxyl groups is 9. The van der Waals surface area contributed by atoms with Crippen molar-refractivity contribution in [3.63, 3.8) is 0 Å². The second kappa shape index (κ2) is 11.6. The fourth-order valence-electron chi connectivity index (χ4n) is 5.25. The van der Waals surface area contributed by atoms with E-state index in [2.05, 4.69) is 0 Å². The van der Waals surface area contributed by atoms with Crippen LogP contribution in [-0.4, -0.2) is 152 Å². The maximum Gasteiger partial charge on any atom is 0.339 e. The summed E-state index contributed by atoms with van der Waals surface area (Å²) in [6.45, 7) is -2.79. The van der Waals surface area contributed by atoms with E-state index in [9.17, 15) is 50.8 Å². The SMILES string of the molecule is COC(=O)C1=COC(OC2OC(CO)C(O)C(O)C2O)C2C(COC3(CO)OC(CO)C(O)C3O)=CCC12O.